The molecule has 0 saturated heterocycles. The van der Waals surface area contributed by atoms with Gasteiger partial charge in [-0.2, -0.15) is 0 Å². The van der Waals surface area contributed by atoms with E-state index in [-0.39, 0.29) is 29.8 Å². The Bertz CT molecular complexity index is 1680. The van der Waals surface area contributed by atoms with Crippen LogP contribution in [0.2, 0.25) is 5.02 Å². The van der Waals surface area contributed by atoms with Gasteiger partial charge in [-0.05, 0) is 80.4 Å². The predicted molar refractivity (Wildman–Crippen MR) is 179 cm³/mol. The summed E-state index contributed by atoms with van der Waals surface area (Å²) in [5, 5.41) is 3.44. The predicted octanol–water partition coefficient (Wildman–Crippen LogP) is 6.77. The van der Waals surface area contributed by atoms with Crippen molar-refractivity contribution in [3.8, 4) is 0 Å². The van der Waals surface area contributed by atoms with E-state index in [1.807, 2.05) is 57.2 Å². The molecule has 0 aliphatic carbocycles. The molecule has 0 heterocycles. The summed E-state index contributed by atoms with van der Waals surface area (Å²) in [6.07, 6.45) is 0.231. The number of nitrogens with one attached hydrogen (secondary N) is 1. The molecule has 4 rings (SSSR count). The summed E-state index contributed by atoms with van der Waals surface area (Å²) in [5.74, 6) is -0.876. The molecule has 1 unspecified atom stereocenters. The molecule has 0 aliphatic rings. The van der Waals surface area contributed by atoms with Crippen molar-refractivity contribution < 1.29 is 18.0 Å². The maximum Gasteiger partial charge on any atom is 0.264 e. The average Bonchev–Trinajstić information content (AvgIpc) is 2.98. The number of hydrogen-bond donors (Lipinski definition) is 1. The van der Waals surface area contributed by atoms with Crippen molar-refractivity contribution in [1.29, 1.82) is 0 Å². The third-order valence-corrected chi connectivity index (χ3v) is 9.50. The lowest BCUT2D eigenvalue weighted by molar-refractivity contribution is -0.140. The molecule has 4 aromatic carbocycles. The Balaban J connectivity index is 1.80. The van der Waals surface area contributed by atoms with Crippen LogP contribution >= 0.6 is 27.5 Å². The third kappa shape index (κ3) is 8.71. The highest BCUT2D eigenvalue weighted by Gasteiger charge is 2.34. The van der Waals surface area contributed by atoms with Crippen molar-refractivity contribution in [3.05, 3.63) is 129 Å². The molecule has 0 bridgehead atoms. The molecule has 4 aromatic rings. The van der Waals surface area contributed by atoms with Crippen molar-refractivity contribution in [2.24, 2.45) is 0 Å². The van der Waals surface area contributed by atoms with Gasteiger partial charge in [0.2, 0.25) is 11.8 Å². The SMILES string of the molecule is Cc1ccc(S(=O)(=O)N(CC(=O)N(Cc2cccc(Cl)c2)C(Cc2ccccc2)C(=O)NC(C)C)c2ccc(Br)cc2)cc1. The van der Waals surface area contributed by atoms with Gasteiger partial charge in [-0.15, -0.1) is 0 Å². The van der Waals surface area contributed by atoms with Crippen molar-refractivity contribution >= 4 is 55.1 Å². The molecular formula is C34H35BrClN3O4S. The van der Waals surface area contributed by atoms with E-state index in [0.29, 0.717) is 16.3 Å². The standard InChI is InChI=1S/C34H35BrClN3O4S/c1-24(2)37-34(41)32(21-26-8-5-4-6-9-26)38(22-27-10-7-11-29(36)20-27)33(40)23-39(30-16-14-28(35)15-17-30)44(42,43)31-18-12-25(3)13-19-31/h4-20,24,32H,21-23H2,1-3H3,(H,37,41). The molecule has 0 saturated carbocycles. The lowest BCUT2D eigenvalue weighted by Gasteiger charge is -2.34. The molecule has 1 atom stereocenters. The summed E-state index contributed by atoms with van der Waals surface area (Å²) >= 11 is 9.69. The van der Waals surface area contributed by atoms with Gasteiger partial charge in [-0.1, -0.05) is 87.7 Å². The maximum absolute atomic E-state index is 14.4. The van der Waals surface area contributed by atoms with Crippen LogP contribution in [0, 0.1) is 6.92 Å². The minimum atomic E-state index is -4.17. The van der Waals surface area contributed by atoms with E-state index in [0.717, 1.165) is 19.9 Å². The Labute approximate surface area is 273 Å². The zero-order valence-corrected chi connectivity index (χ0v) is 27.9. The second-order valence-corrected chi connectivity index (χ2v) is 14.0. The fourth-order valence-electron chi connectivity index (χ4n) is 4.74. The molecule has 0 aliphatic heterocycles. The summed E-state index contributed by atoms with van der Waals surface area (Å²) in [6.45, 7) is 5.09. The zero-order valence-electron chi connectivity index (χ0n) is 24.8. The van der Waals surface area contributed by atoms with E-state index in [9.17, 15) is 18.0 Å². The van der Waals surface area contributed by atoms with Crippen LogP contribution in [0.15, 0.2) is 112 Å². The molecule has 0 spiro atoms. The lowest BCUT2D eigenvalue weighted by atomic mass is 10.0. The van der Waals surface area contributed by atoms with Gasteiger partial charge in [0, 0.05) is 28.5 Å². The highest BCUT2D eigenvalue weighted by Crippen LogP contribution is 2.27. The first-order valence-corrected chi connectivity index (χ1v) is 16.8. The fraction of sp³-hybridized carbons (Fsp3) is 0.235. The van der Waals surface area contributed by atoms with Gasteiger partial charge in [0.05, 0.1) is 10.6 Å². The number of nitrogens with zero attached hydrogens (tertiary/aromatic N) is 2. The molecule has 10 heteroatoms. The first-order chi connectivity index (χ1) is 20.9. The third-order valence-electron chi connectivity index (χ3n) is 6.95. The van der Waals surface area contributed by atoms with Crippen LogP contribution in [0.25, 0.3) is 0 Å². The number of amides is 2. The Kier molecular flexibility index (Phi) is 11.2. The number of sulfonamides is 1. The van der Waals surface area contributed by atoms with Crippen LogP contribution < -0.4 is 9.62 Å². The van der Waals surface area contributed by atoms with Crippen molar-refractivity contribution in [2.75, 3.05) is 10.8 Å². The number of rotatable bonds is 12. The van der Waals surface area contributed by atoms with E-state index in [4.69, 9.17) is 11.6 Å². The Morgan fingerprint density at radius 3 is 2.11 bits per heavy atom. The summed E-state index contributed by atoms with van der Waals surface area (Å²) in [5.41, 5.74) is 2.79. The summed E-state index contributed by atoms with van der Waals surface area (Å²) in [6, 6.07) is 28.6. The van der Waals surface area contributed by atoms with Crippen LogP contribution in [-0.2, 0) is 32.6 Å². The number of aryl methyl sites for hydroxylation is 1. The fourth-order valence-corrected chi connectivity index (χ4v) is 6.63. The van der Waals surface area contributed by atoms with Crippen LogP contribution in [-0.4, -0.2) is 43.8 Å². The molecule has 0 fully saturated rings. The Hall–Kier alpha value is -3.66. The topological polar surface area (TPSA) is 86.8 Å². The molecule has 230 valence electrons. The smallest absolute Gasteiger partial charge is 0.264 e. The van der Waals surface area contributed by atoms with Gasteiger partial charge in [-0.3, -0.25) is 13.9 Å². The first kappa shape index (κ1) is 33.2. The van der Waals surface area contributed by atoms with E-state index in [1.165, 1.54) is 17.0 Å². The van der Waals surface area contributed by atoms with E-state index in [1.54, 1.807) is 54.6 Å². The number of benzene rings is 4. The second kappa shape index (κ2) is 14.9. The van der Waals surface area contributed by atoms with Gasteiger partial charge in [0.15, 0.2) is 0 Å². The number of anilines is 1. The van der Waals surface area contributed by atoms with E-state index >= 15 is 0 Å². The normalized spacial score (nSPS) is 12.0. The van der Waals surface area contributed by atoms with Gasteiger partial charge < -0.3 is 10.2 Å². The van der Waals surface area contributed by atoms with E-state index < -0.39 is 28.5 Å². The lowest BCUT2D eigenvalue weighted by Crippen LogP contribution is -2.54. The summed E-state index contributed by atoms with van der Waals surface area (Å²) < 4.78 is 30.0. The largest absolute Gasteiger partial charge is 0.352 e. The number of halogens is 2. The second-order valence-electron chi connectivity index (χ2n) is 10.8. The number of carbonyl (C=O) groups excluding carboxylic acids is 2. The van der Waals surface area contributed by atoms with Gasteiger partial charge in [0.25, 0.3) is 10.0 Å². The molecule has 44 heavy (non-hydrogen) atoms. The molecular weight excluding hydrogens is 662 g/mol. The average molecular weight is 697 g/mol. The number of carbonyl (C=O) groups is 2. The summed E-state index contributed by atoms with van der Waals surface area (Å²) in [7, 11) is -4.17. The minimum Gasteiger partial charge on any atom is -0.352 e. The van der Waals surface area contributed by atoms with Crippen LogP contribution in [0.3, 0.4) is 0 Å². The van der Waals surface area contributed by atoms with Gasteiger partial charge in [0.1, 0.15) is 12.6 Å². The maximum atomic E-state index is 14.4. The highest BCUT2D eigenvalue weighted by molar-refractivity contribution is 9.10. The molecule has 1 N–H and O–H groups in total. The van der Waals surface area contributed by atoms with Crippen LogP contribution in [0.4, 0.5) is 5.69 Å². The molecule has 7 nitrogen and oxygen atoms in total. The van der Waals surface area contributed by atoms with E-state index in [2.05, 4.69) is 21.2 Å². The van der Waals surface area contributed by atoms with Crippen molar-refractivity contribution in [1.82, 2.24) is 10.2 Å². The van der Waals surface area contributed by atoms with Crippen LogP contribution in [0.1, 0.15) is 30.5 Å². The van der Waals surface area contributed by atoms with Crippen molar-refractivity contribution in [3.63, 3.8) is 0 Å². The van der Waals surface area contributed by atoms with Crippen molar-refractivity contribution in [2.45, 2.75) is 50.7 Å². The molecule has 0 aromatic heterocycles. The highest BCUT2D eigenvalue weighted by atomic mass is 79.9. The molecule has 2 amide bonds. The Morgan fingerprint density at radius 2 is 1.50 bits per heavy atom. The Morgan fingerprint density at radius 1 is 0.864 bits per heavy atom. The number of hydrogen-bond acceptors (Lipinski definition) is 4. The summed E-state index contributed by atoms with van der Waals surface area (Å²) in [4.78, 5) is 29.7. The molecule has 0 radical (unpaired) electrons. The monoisotopic (exact) mass is 695 g/mol. The quantitative estimate of drug-likeness (QED) is 0.177. The van der Waals surface area contributed by atoms with Gasteiger partial charge >= 0.3 is 0 Å². The van der Waals surface area contributed by atoms with Crippen LogP contribution in [0.5, 0.6) is 0 Å². The first-order valence-electron chi connectivity index (χ1n) is 14.2. The minimum absolute atomic E-state index is 0.0428. The van der Waals surface area contributed by atoms with Gasteiger partial charge in [-0.25, -0.2) is 8.42 Å². The zero-order chi connectivity index (χ0) is 31.9.